The smallest absolute Gasteiger partial charge is 0.326 e. The van der Waals surface area contributed by atoms with Crippen LogP contribution in [0.5, 0.6) is 0 Å². The Morgan fingerprint density at radius 2 is 2.11 bits per heavy atom. The van der Waals surface area contributed by atoms with Gasteiger partial charge >= 0.3 is 12.0 Å². The van der Waals surface area contributed by atoms with Gasteiger partial charge in [0.1, 0.15) is 12.8 Å². The Labute approximate surface area is 111 Å². The maximum Gasteiger partial charge on any atom is 0.326 e. The predicted molar refractivity (Wildman–Crippen MR) is 68.8 cm³/mol. The number of amides is 2. The maximum absolute atomic E-state index is 11.4. The second-order valence-electron chi connectivity index (χ2n) is 3.37. The Morgan fingerprint density at radius 1 is 1.39 bits per heavy atom. The summed E-state index contributed by atoms with van der Waals surface area (Å²) in [5, 5.41) is 13.7. The number of hydrogen-bond donors (Lipinski definition) is 3. The van der Waals surface area contributed by atoms with Crippen molar-refractivity contribution in [2.45, 2.75) is 12.5 Å². The summed E-state index contributed by atoms with van der Waals surface area (Å²) >= 11 is 1.53. The molecule has 0 aliphatic heterocycles. The molecule has 1 atom stereocenters. The van der Waals surface area contributed by atoms with Gasteiger partial charge in [-0.25, -0.2) is 9.59 Å². The van der Waals surface area contributed by atoms with Gasteiger partial charge in [-0.2, -0.15) is 11.8 Å². The lowest BCUT2D eigenvalue weighted by atomic mass is 10.2. The van der Waals surface area contributed by atoms with Crippen LogP contribution < -0.4 is 10.6 Å². The molecule has 0 aromatic carbocycles. The average molecular weight is 280 g/mol. The molecule has 0 radical (unpaired) electrons. The van der Waals surface area contributed by atoms with E-state index in [9.17, 15) is 9.59 Å². The van der Waals surface area contributed by atoms with Gasteiger partial charge in [-0.1, -0.05) is 0 Å². The van der Waals surface area contributed by atoms with E-state index in [1.165, 1.54) is 11.8 Å². The number of carboxylic acids is 1. The molecule has 0 aromatic heterocycles. The molecule has 0 saturated carbocycles. The maximum atomic E-state index is 11.4. The van der Waals surface area contributed by atoms with Crippen LogP contribution in [-0.4, -0.2) is 62.2 Å². The zero-order chi connectivity index (χ0) is 13.8. The van der Waals surface area contributed by atoms with E-state index in [0.717, 1.165) is 0 Å². The largest absolute Gasteiger partial charge is 0.480 e. The molecular weight excluding hydrogens is 260 g/mol. The lowest BCUT2D eigenvalue weighted by molar-refractivity contribution is -0.139. The molecule has 2 amide bonds. The van der Waals surface area contributed by atoms with E-state index in [4.69, 9.17) is 14.6 Å². The zero-order valence-electron chi connectivity index (χ0n) is 10.6. The number of nitrogens with one attached hydrogen (secondary N) is 2. The summed E-state index contributed by atoms with van der Waals surface area (Å²) in [6, 6.07) is -1.43. The highest BCUT2D eigenvalue weighted by Crippen LogP contribution is 2.00. The minimum atomic E-state index is -1.04. The topological polar surface area (TPSA) is 96.9 Å². The summed E-state index contributed by atoms with van der Waals surface area (Å²) in [6.45, 7) is 0.824. The normalized spacial score (nSPS) is 11.9. The summed E-state index contributed by atoms with van der Waals surface area (Å²) in [5.74, 6) is -0.374. The quantitative estimate of drug-likeness (QED) is 0.388. The minimum Gasteiger partial charge on any atom is -0.480 e. The van der Waals surface area contributed by atoms with Gasteiger partial charge in [0.2, 0.25) is 0 Å². The number of aliphatic carboxylic acids is 1. The van der Waals surface area contributed by atoms with Crippen molar-refractivity contribution in [1.82, 2.24) is 10.6 Å². The predicted octanol–water partition coefficient (Wildman–Crippen LogP) is 0.112. The molecular formula is C10H20N2O5S. The molecule has 0 bridgehead atoms. The number of urea groups is 1. The summed E-state index contributed by atoms with van der Waals surface area (Å²) in [6.07, 6.45) is 2.26. The van der Waals surface area contributed by atoms with Gasteiger partial charge in [0.15, 0.2) is 0 Å². The lowest BCUT2D eigenvalue weighted by Gasteiger charge is -2.14. The summed E-state index contributed by atoms with van der Waals surface area (Å²) in [5.41, 5.74) is 0. The van der Waals surface area contributed by atoms with E-state index in [0.29, 0.717) is 25.4 Å². The third-order valence-corrected chi connectivity index (χ3v) is 2.62. The Hall–Kier alpha value is -0.990. The van der Waals surface area contributed by atoms with Crippen LogP contribution in [0.25, 0.3) is 0 Å². The first-order valence-electron chi connectivity index (χ1n) is 5.44. The Kier molecular flexibility index (Phi) is 10.5. The van der Waals surface area contributed by atoms with Crippen LogP contribution >= 0.6 is 11.8 Å². The van der Waals surface area contributed by atoms with Gasteiger partial charge in [0.05, 0.1) is 13.2 Å². The first kappa shape index (κ1) is 17.0. The SMILES string of the molecule is COCCOCNC(=O)NC(CCSC)C(=O)O. The molecule has 0 heterocycles. The van der Waals surface area contributed by atoms with Crippen LogP contribution in [0.3, 0.4) is 0 Å². The molecule has 7 nitrogen and oxygen atoms in total. The lowest BCUT2D eigenvalue weighted by Crippen LogP contribution is -2.46. The van der Waals surface area contributed by atoms with Crippen LogP contribution in [0.4, 0.5) is 4.79 Å². The first-order valence-corrected chi connectivity index (χ1v) is 6.84. The molecule has 0 aromatic rings. The van der Waals surface area contributed by atoms with Crippen LogP contribution in [0.2, 0.25) is 0 Å². The summed E-state index contributed by atoms with van der Waals surface area (Å²) in [7, 11) is 1.55. The molecule has 0 saturated heterocycles. The van der Waals surface area contributed by atoms with E-state index >= 15 is 0 Å². The van der Waals surface area contributed by atoms with Crippen molar-refractivity contribution in [3.05, 3.63) is 0 Å². The second kappa shape index (κ2) is 11.1. The number of hydrogen-bond acceptors (Lipinski definition) is 5. The van der Waals surface area contributed by atoms with Crippen molar-refractivity contribution in [3.63, 3.8) is 0 Å². The van der Waals surface area contributed by atoms with Gasteiger partial charge in [-0.05, 0) is 18.4 Å². The van der Waals surface area contributed by atoms with Gasteiger partial charge < -0.3 is 25.2 Å². The zero-order valence-corrected chi connectivity index (χ0v) is 11.4. The summed E-state index contributed by atoms with van der Waals surface area (Å²) in [4.78, 5) is 22.2. The van der Waals surface area contributed by atoms with Crippen molar-refractivity contribution in [2.24, 2.45) is 0 Å². The van der Waals surface area contributed by atoms with Gasteiger partial charge in [0.25, 0.3) is 0 Å². The molecule has 0 rings (SSSR count). The van der Waals surface area contributed by atoms with Crippen molar-refractivity contribution >= 4 is 23.8 Å². The summed E-state index contributed by atoms with van der Waals surface area (Å²) < 4.78 is 9.78. The molecule has 0 fully saturated rings. The van der Waals surface area contributed by atoms with E-state index in [1.54, 1.807) is 7.11 Å². The number of carboxylic acid groups (broad SMARTS) is 1. The highest BCUT2D eigenvalue weighted by molar-refractivity contribution is 7.98. The molecule has 0 spiro atoms. The fraction of sp³-hybridized carbons (Fsp3) is 0.800. The molecule has 0 aliphatic rings. The van der Waals surface area contributed by atoms with Crippen LogP contribution in [0.15, 0.2) is 0 Å². The molecule has 3 N–H and O–H groups in total. The average Bonchev–Trinajstić information content (AvgIpc) is 2.33. The number of thioether (sulfide) groups is 1. The fourth-order valence-electron chi connectivity index (χ4n) is 1.03. The molecule has 1 unspecified atom stereocenters. The van der Waals surface area contributed by atoms with Gasteiger partial charge in [-0.15, -0.1) is 0 Å². The molecule has 18 heavy (non-hydrogen) atoms. The number of carbonyl (C=O) groups is 2. The molecule has 8 heteroatoms. The van der Waals surface area contributed by atoms with E-state index in [1.807, 2.05) is 6.26 Å². The van der Waals surface area contributed by atoms with E-state index < -0.39 is 18.0 Å². The van der Waals surface area contributed by atoms with E-state index in [-0.39, 0.29) is 6.73 Å². The van der Waals surface area contributed by atoms with Crippen molar-refractivity contribution < 1.29 is 24.2 Å². The molecule has 0 aliphatic carbocycles. The number of rotatable bonds is 10. The highest BCUT2D eigenvalue weighted by Gasteiger charge is 2.18. The van der Waals surface area contributed by atoms with Crippen molar-refractivity contribution in [1.29, 1.82) is 0 Å². The van der Waals surface area contributed by atoms with E-state index in [2.05, 4.69) is 10.6 Å². The van der Waals surface area contributed by atoms with Crippen molar-refractivity contribution in [2.75, 3.05) is 39.1 Å². The van der Waals surface area contributed by atoms with Crippen LogP contribution in [0, 0.1) is 0 Å². The third kappa shape index (κ3) is 9.08. The first-order chi connectivity index (χ1) is 8.61. The van der Waals surface area contributed by atoms with Gasteiger partial charge in [-0.3, -0.25) is 0 Å². The van der Waals surface area contributed by atoms with Crippen LogP contribution in [0.1, 0.15) is 6.42 Å². The fourth-order valence-corrected chi connectivity index (χ4v) is 1.50. The number of ether oxygens (including phenoxy) is 2. The second-order valence-corrected chi connectivity index (χ2v) is 4.35. The number of methoxy groups -OCH3 is 1. The van der Waals surface area contributed by atoms with Crippen LogP contribution in [-0.2, 0) is 14.3 Å². The Morgan fingerprint density at radius 3 is 2.67 bits per heavy atom. The van der Waals surface area contributed by atoms with Gasteiger partial charge in [0, 0.05) is 7.11 Å². The molecule has 106 valence electrons. The third-order valence-electron chi connectivity index (χ3n) is 1.98. The highest BCUT2D eigenvalue weighted by atomic mass is 32.2. The Balaban J connectivity index is 3.77. The monoisotopic (exact) mass is 280 g/mol. The standard InChI is InChI=1S/C10H20N2O5S/c1-16-4-5-17-7-11-10(15)12-8(9(13)14)3-6-18-2/h8H,3-7H2,1-2H3,(H,13,14)(H2,11,12,15). The Bertz CT molecular complexity index is 252. The van der Waals surface area contributed by atoms with Crippen molar-refractivity contribution in [3.8, 4) is 0 Å². The number of carbonyl (C=O) groups excluding carboxylic acids is 1. The minimum absolute atomic E-state index is 0.0179.